The van der Waals surface area contributed by atoms with Gasteiger partial charge in [-0.05, 0) is 37.3 Å². The Hall–Kier alpha value is -2.70. The molecule has 0 aliphatic rings. The molecule has 0 radical (unpaired) electrons. The van der Waals surface area contributed by atoms with Crippen molar-refractivity contribution in [3.63, 3.8) is 0 Å². The number of benzene rings is 2. The Kier molecular flexibility index (Phi) is 5.10. The number of rotatable bonds is 5. The summed E-state index contributed by atoms with van der Waals surface area (Å²) in [7, 11) is 0. The first-order chi connectivity index (χ1) is 10.9. The predicted molar refractivity (Wildman–Crippen MR) is 81.9 cm³/mol. The lowest BCUT2D eigenvalue weighted by atomic mass is 10.2. The predicted octanol–water partition coefficient (Wildman–Crippen LogP) is 4.26. The number of phenolic OH excluding ortho intramolecular Hbond substituents is 1. The van der Waals surface area contributed by atoms with Gasteiger partial charge in [-0.2, -0.15) is 18.3 Å². The fourth-order valence-electron chi connectivity index (χ4n) is 1.86. The second-order valence-corrected chi connectivity index (χ2v) is 4.58. The number of anilines is 1. The molecule has 0 saturated heterocycles. The molecule has 0 heterocycles. The fourth-order valence-corrected chi connectivity index (χ4v) is 1.86. The Bertz CT molecular complexity index is 700. The maximum Gasteiger partial charge on any atom is 0.416 e. The van der Waals surface area contributed by atoms with E-state index in [2.05, 4.69) is 10.5 Å². The lowest BCUT2D eigenvalue weighted by molar-refractivity contribution is -0.137. The van der Waals surface area contributed by atoms with E-state index < -0.39 is 11.7 Å². The van der Waals surface area contributed by atoms with Crippen LogP contribution in [0.2, 0.25) is 0 Å². The number of halogens is 3. The zero-order chi connectivity index (χ0) is 16.9. The number of alkyl halides is 3. The van der Waals surface area contributed by atoms with Crippen molar-refractivity contribution in [2.45, 2.75) is 13.1 Å². The van der Waals surface area contributed by atoms with Gasteiger partial charge in [0.05, 0.1) is 24.1 Å². The Morgan fingerprint density at radius 3 is 2.65 bits per heavy atom. The van der Waals surface area contributed by atoms with E-state index in [0.29, 0.717) is 17.9 Å². The summed E-state index contributed by atoms with van der Waals surface area (Å²) in [5.41, 5.74) is 2.31. The fraction of sp³-hybridized carbons (Fsp3) is 0.188. The van der Waals surface area contributed by atoms with Crippen LogP contribution in [0.1, 0.15) is 18.1 Å². The van der Waals surface area contributed by atoms with Crippen molar-refractivity contribution in [2.24, 2.45) is 5.10 Å². The summed E-state index contributed by atoms with van der Waals surface area (Å²) in [6.45, 7) is 2.19. The van der Waals surface area contributed by atoms with E-state index in [1.165, 1.54) is 18.3 Å². The molecule has 0 spiro atoms. The maximum atomic E-state index is 12.6. The van der Waals surface area contributed by atoms with Crippen molar-refractivity contribution in [1.29, 1.82) is 0 Å². The van der Waals surface area contributed by atoms with Crippen LogP contribution in [0.5, 0.6) is 11.5 Å². The molecule has 0 atom stereocenters. The van der Waals surface area contributed by atoms with E-state index in [1.807, 2.05) is 0 Å². The highest BCUT2D eigenvalue weighted by Crippen LogP contribution is 2.31. The Morgan fingerprint density at radius 1 is 1.22 bits per heavy atom. The quantitative estimate of drug-likeness (QED) is 0.638. The van der Waals surface area contributed by atoms with Crippen molar-refractivity contribution in [3.05, 3.63) is 53.6 Å². The summed E-state index contributed by atoms with van der Waals surface area (Å²) in [6.07, 6.45) is -3.11. The van der Waals surface area contributed by atoms with Crippen LogP contribution in [0.25, 0.3) is 0 Å². The number of para-hydroxylation sites is 1. The van der Waals surface area contributed by atoms with Gasteiger partial charge in [0.2, 0.25) is 0 Å². The van der Waals surface area contributed by atoms with Gasteiger partial charge in [-0.15, -0.1) is 0 Å². The Labute approximate surface area is 131 Å². The molecular formula is C16H15F3N2O2. The van der Waals surface area contributed by atoms with Crippen molar-refractivity contribution in [2.75, 3.05) is 12.0 Å². The minimum absolute atomic E-state index is 0.0797. The van der Waals surface area contributed by atoms with Crippen molar-refractivity contribution >= 4 is 11.9 Å². The maximum absolute atomic E-state index is 12.6. The van der Waals surface area contributed by atoms with Crippen molar-refractivity contribution in [3.8, 4) is 11.5 Å². The van der Waals surface area contributed by atoms with Crippen LogP contribution in [0.15, 0.2) is 47.6 Å². The lowest BCUT2D eigenvalue weighted by Gasteiger charge is -2.08. The van der Waals surface area contributed by atoms with E-state index in [0.717, 1.165) is 12.1 Å². The molecule has 2 aromatic rings. The normalized spacial score (nSPS) is 11.7. The van der Waals surface area contributed by atoms with Crippen LogP contribution in [-0.2, 0) is 6.18 Å². The highest BCUT2D eigenvalue weighted by Gasteiger charge is 2.30. The van der Waals surface area contributed by atoms with Crippen molar-refractivity contribution in [1.82, 2.24) is 0 Å². The molecule has 0 bridgehead atoms. The molecule has 2 rings (SSSR count). The van der Waals surface area contributed by atoms with E-state index in [4.69, 9.17) is 4.74 Å². The number of nitrogens with zero attached hydrogens (tertiary/aromatic N) is 1. The number of hydrogen-bond donors (Lipinski definition) is 2. The first-order valence-corrected chi connectivity index (χ1v) is 6.83. The van der Waals surface area contributed by atoms with E-state index in [9.17, 15) is 18.3 Å². The molecule has 23 heavy (non-hydrogen) atoms. The first-order valence-electron chi connectivity index (χ1n) is 6.83. The molecule has 0 unspecified atom stereocenters. The van der Waals surface area contributed by atoms with E-state index >= 15 is 0 Å². The highest BCUT2D eigenvalue weighted by atomic mass is 19.4. The molecule has 7 heteroatoms. The second kappa shape index (κ2) is 7.04. The Morgan fingerprint density at radius 2 is 1.96 bits per heavy atom. The van der Waals surface area contributed by atoms with Gasteiger partial charge in [-0.1, -0.05) is 12.1 Å². The first kappa shape index (κ1) is 16.7. The average Bonchev–Trinajstić information content (AvgIpc) is 2.51. The molecule has 0 aromatic heterocycles. The summed E-state index contributed by atoms with van der Waals surface area (Å²) >= 11 is 0. The third-order valence-electron chi connectivity index (χ3n) is 2.92. The largest absolute Gasteiger partial charge is 0.504 e. The van der Waals surface area contributed by atoms with Gasteiger partial charge in [0, 0.05) is 5.56 Å². The zero-order valence-corrected chi connectivity index (χ0v) is 12.3. The average molecular weight is 324 g/mol. The lowest BCUT2D eigenvalue weighted by Crippen LogP contribution is -2.05. The van der Waals surface area contributed by atoms with E-state index in [1.54, 1.807) is 25.1 Å². The smallest absolute Gasteiger partial charge is 0.416 e. The van der Waals surface area contributed by atoms with Crippen LogP contribution in [0.4, 0.5) is 18.9 Å². The summed E-state index contributed by atoms with van der Waals surface area (Å²) in [6, 6.07) is 9.57. The van der Waals surface area contributed by atoms with Gasteiger partial charge in [0.25, 0.3) is 0 Å². The van der Waals surface area contributed by atoms with Gasteiger partial charge < -0.3 is 9.84 Å². The van der Waals surface area contributed by atoms with E-state index in [-0.39, 0.29) is 11.4 Å². The standard InChI is InChI=1S/C16H15F3N2O2/c1-2-23-14-8-3-5-11(15(14)22)10-20-21-13-7-4-6-12(9-13)16(17,18)19/h3-10,21-22H,2H2,1H3. The molecule has 0 saturated carbocycles. The molecule has 0 aliphatic carbocycles. The van der Waals surface area contributed by atoms with Crippen molar-refractivity contribution < 1.29 is 23.0 Å². The molecule has 0 fully saturated rings. The molecule has 2 aromatic carbocycles. The molecule has 4 nitrogen and oxygen atoms in total. The number of nitrogens with one attached hydrogen (secondary N) is 1. The summed E-state index contributed by atoms with van der Waals surface area (Å²) in [5, 5.41) is 13.8. The minimum Gasteiger partial charge on any atom is -0.504 e. The molecular weight excluding hydrogens is 309 g/mol. The van der Waals surface area contributed by atoms with Gasteiger partial charge in [-0.3, -0.25) is 5.43 Å². The highest BCUT2D eigenvalue weighted by molar-refractivity contribution is 5.85. The van der Waals surface area contributed by atoms with Crippen LogP contribution < -0.4 is 10.2 Å². The number of phenols is 1. The second-order valence-electron chi connectivity index (χ2n) is 4.58. The van der Waals surface area contributed by atoms with Crippen LogP contribution in [-0.4, -0.2) is 17.9 Å². The zero-order valence-electron chi connectivity index (χ0n) is 12.3. The summed E-state index contributed by atoms with van der Waals surface area (Å²) < 4.78 is 43.1. The Balaban J connectivity index is 2.12. The molecule has 2 N–H and O–H groups in total. The third kappa shape index (κ3) is 4.38. The van der Waals surface area contributed by atoms with Gasteiger partial charge in [0.15, 0.2) is 11.5 Å². The number of aromatic hydroxyl groups is 1. The van der Waals surface area contributed by atoms with Crippen LogP contribution in [0.3, 0.4) is 0 Å². The number of hydrogen-bond acceptors (Lipinski definition) is 4. The minimum atomic E-state index is -4.41. The molecule has 0 aliphatic heterocycles. The third-order valence-corrected chi connectivity index (χ3v) is 2.92. The molecule has 122 valence electrons. The number of hydrazone groups is 1. The van der Waals surface area contributed by atoms with Gasteiger partial charge >= 0.3 is 6.18 Å². The topological polar surface area (TPSA) is 53.8 Å². The summed E-state index contributed by atoms with van der Waals surface area (Å²) in [4.78, 5) is 0. The summed E-state index contributed by atoms with van der Waals surface area (Å²) in [5.74, 6) is 0.236. The van der Waals surface area contributed by atoms with Gasteiger partial charge in [0.1, 0.15) is 0 Å². The SMILES string of the molecule is CCOc1cccc(C=NNc2cccc(C(F)(F)F)c2)c1O. The number of ether oxygens (including phenoxy) is 1. The van der Waals surface area contributed by atoms with Crippen LogP contribution in [0, 0.1) is 0 Å². The monoisotopic (exact) mass is 324 g/mol. The van der Waals surface area contributed by atoms with Gasteiger partial charge in [-0.25, -0.2) is 0 Å². The van der Waals surface area contributed by atoms with Crippen LogP contribution >= 0.6 is 0 Å². The molecule has 0 amide bonds.